The van der Waals surface area contributed by atoms with Crippen LogP contribution in [-0.2, 0) is 0 Å². The lowest BCUT2D eigenvalue weighted by molar-refractivity contribution is 0.0696. The van der Waals surface area contributed by atoms with Crippen LogP contribution in [0.5, 0.6) is 11.5 Å². The number of aromatic carboxylic acids is 1. The molecule has 7 nitrogen and oxygen atoms in total. The average molecular weight is 261 g/mol. The van der Waals surface area contributed by atoms with Crippen molar-refractivity contribution in [3.63, 3.8) is 0 Å². The van der Waals surface area contributed by atoms with Gasteiger partial charge in [-0.2, -0.15) is 0 Å². The van der Waals surface area contributed by atoms with Gasteiger partial charge in [-0.15, -0.1) is 0 Å². The standard InChI is InChI=1S/C12H11N3O4/c1-18-10-6-8(12(16)17)7-11(19-2)9(10)4-3-5-14-15-13/h6-7H,5H2,1-2H3,(H,16,17). The normalized spacial score (nSPS) is 8.74. The lowest BCUT2D eigenvalue weighted by Gasteiger charge is -2.10. The summed E-state index contributed by atoms with van der Waals surface area (Å²) in [4.78, 5) is 13.5. The van der Waals surface area contributed by atoms with Gasteiger partial charge in [-0.1, -0.05) is 17.0 Å². The summed E-state index contributed by atoms with van der Waals surface area (Å²) in [5.74, 6) is 4.82. The molecule has 0 aliphatic heterocycles. The van der Waals surface area contributed by atoms with Gasteiger partial charge in [0.05, 0.1) is 26.3 Å². The number of carbonyl (C=O) groups is 1. The molecule has 1 aromatic rings. The van der Waals surface area contributed by atoms with Crippen LogP contribution in [0.4, 0.5) is 0 Å². The van der Waals surface area contributed by atoms with Gasteiger partial charge in [0.1, 0.15) is 17.1 Å². The van der Waals surface area contributed by atoms with E-state index in [-0.39, 0.29) is 23.6 Å². The molecule has 0 aliphatic carbocycles. The molecule has 0 saturated carbocycles. The monoisotopic (exact) mass is 261 g/mol. The van der Waals surface area contributed by atoms with Crippen LogP contribution in [-0.4, -0.2) is 31.8 Å². The van der Waals surface area contributed by atoms with Crippen molar-refractivity contribution in [2.45, 2.75) is 0 Å². The van der Waals surface area contributed by atoms with E-state index < -0.39 is 5.97 Å². The lowest BCUT2D eigenvalue weighted by atomic mass is 10.1. The van der Waals surface area contributed by atoms with Gasteiger partial charge >= 0.3 is 5.97 Å². The Kier molecular flexibility index (Phi) is 5.08. The number of nitrogens with zero attached hydrogens (tertiary/aromatic N) is 3. The molecule has 19 heavy (non-hydrogen) atoms. The minimum atomic E-state index is -1.09. The summed E-state index contributed by atoms with van der Waals surface area (Å²) in [6.45, 7) is 0.00346. The molecule has 0 unspecified atom stereocenters. The quantitative estimate of drug-likeness (QED) is 0.387. The van der Waals surface area contributed by atoms with E-state index in [4.69, 9.17) is 20.1 Å². The molecule has 98 valence electrons. The van der Waals surface area contributed by atoms with E-state index in [1.807, 2.05) is 0 Å². The first kappa shape index (κ1) is 14.2. The molecule has 0 aromatic heterocycles. The predicted molar refractivity (Wildman–Crippen MR) is 67.4 cm³/mol. The molecule has 0 radical (unpaired) electrons. The predicted octanol–water partition coefficient (Wildman–Crippen LogP) is 2.06. The van der Waals surface area contributed by atoms with Gasteiger partial charge in [0.15, 0.2) is 0 Å². The molecule has 1 rings (SSSR count). The van der Waals surface area contributed by atoms with Gasteiger partial charge in [0.25, 0.3) is 0 Å². The van der Waals surface area contributed by atoms with Crippen molar-refractivity contribution in [1.82, 2.24) is 0 Å². The SMILES string of the molecule is COc1cc(C(=O)O)cc(OC)c1C#CCN=[N+]=[N-]. The summed E-state index contributed by atoms with van der Waals surface area (Å²) in [6, 6.07) is 2.70. The van der Waals surface area contributed by atoms with E-state index >= 15 is 0 Å². The van der Waals surface area contributed by atoms with Crippen molar-refractivity contribution >= 4 is 5.97 Å². The maximum atomic E-state index is 10.9. The molecule has 0 atom stereocenters. The maximum Gasteiger partial charge on any atom is 0.335 e. The molecule has 0 bridgehead atoms. The third-order valence-electron chi connectivity index (χ3n) is 2.18. The van der Waals surface area contributed by atoms with Crippen molar-refractivity contribution in [2.24, 2.45) is 5.11 Å². The highest BCUT2D eigenvalue weighted by molar-refractivity contribution is 5.89. The molecular formula is C12H11N3O4. The molecule has 0 saturated heterocycles. The first-order valence-electron chi connectivity index (χ1n) is 5.13. The Balaban J connectivity index is 3.30. The van der Waals surface area contributed by atoms with Crippen LogP contribution in [0.15, 0.2) is 17.2 Å². The topological polar surface area (TPSA) is 105 Å². The highest BCUT2D eigenvalue weighted by atomic mass is 16.5. The Morgan fingerprint density at radius 3 is 2.42 bits per heavy atom. The third-order valence-corrected chi connectivity index (χ3v) is 2.18. The number of carboxylic acids is 1. The second-order valence-electron chi connectivity index (χ2n) is 3.25. The number of hydrogen-bond acceptors (Lipinski definition) is 4. The third kappa shape index (κ3) is 3.56. The number of methoxy groups -OCH3 is 2. The van der Waals surface area contributed by atoms with E-state index in [0.717, 1.165) is 0 Å². The van der Waals surface area contributed by atoms with Crippen LogP contribution in [0.1, 0.15) is 15.9 Å². The fourth-order valence-corrected chi connectivity index (χ4v) is 1.35. The van der Waals surface area contributed by atoms with E-state index in [1.165, 1.54) is 26.4 Å². The summed E-state index contributed by atoms with van der Waals surface area (Å²) in [5.41, 5.74) is 8.58. The van der Waals surface area contributed by atoms with Crippen molar-refractivity contribution in [2.75, 3.05) is 20.8 Å². The number of azide groups is 1. The van der Waals surface area contributed by atoms with E-state index in [2.05, 4.69) is 21.9 Å². The Bertz CT molecular complexity index is 570. The summed E-state index contributed by atoms with van der Waals surface area (Å²) < 4.78 is 10.2. The number of carboxylic acid groups (broad SMARTS) is 1. The number of hydrogen-bond donors (Lipinski definition) is 1. The fraction of sp³-hybridized carbons (Fsp3) is 0.250. The van der Waals surface area contributed by atoms with E-state index in [0.29, 0.717) is 5.56 Å². The van der Waals surface area contributed by atoms with Gasteiger partial charge in [0, 0.05) is 4.91 Å². The molecule has 1 N–H and O–H groups in total. The fourth-order valence-electron chi connectivity index (χ4n) is 1.35. The van der Waals surface area contributed by atoms with Crippen LogP contribution in [0.2, 0.25) is 0 Å². The first-order chi connectivity index (χ1) is 9.13. The zero-order valence-corrected chi connectivity index (χ0v) is 10.4. The van der Waals surface area contributed by atoms with Crippen LogP contribution in [0, 0.1) is 11.8 Å². The summed E-state index contributed by atoms with van der Waals surface area (Å²) in [7, 11) is 2.80. The second kappa shape index (κ2) is 6.79. The smallest absolute Gasteiger partial charge is 0.335 e. The number of rotatable bonds is 4. The Labute approximate surface area is 109 Å². The lowest BCUT2D eigenvalue weighted by Crippen LogP contribution is -2.01. The zero-order valence-electron chi connectivity index (χ0n) is 10.4. The van der Waals surface area contributed by atoms with Gasteiger partial charge in [0.2, 0.25) is 0 Å². The van der Waals surface area contributed by atoms with Crippen molar-refractivity contribution < 1.29 is 19.4 Å². The van der Waals surface area contributed by atoms with E-state index in [1.54, 1.807) is 0 Å². The van der Waals surface area contributed by atoms with Crippen molar-refractivity contribution in [1.29, 1.82) is 0 Å². The Hall–Kier alpha value is -2.84. The molecular weight excluding hydrogens is 250 g/mol. The largest absolute Gasteiger partial charge is 0.495 e. The number of ether oxygens (including phenoxy) is 2. The van der Waals surface area contributed by atoms with Gasteiger partial charge < -0.3 is 14.6 Å². The van der Waals surface area contributed by atoms with Crippen molar-refractivity contribution in [3.8, 4) is 23.3 Å². The molecule has 1 aromatic carbocycles. The van der Waals surface area contributed by atoms with Crippen LogP contribution >= 0.6 is 0 Å². The molecule has 7 heteroatoms. The molecule has 0 spiro atoms. The molecule has 0 fully saturated rings. The second-order valence-corrected chi connectivity index (χ2v) is 3.25. The molecule has 0 amide bonds. The highest BCUT2D eigenvalue weighted by Crippen LogP contribution is 2.29. The van der Waals surface area contributed by atoms with Gasteiger partial charge in [-0.25, -0.2) is 4.79 Å². The minimum absolute atomic E-state index is 0.00346. The molecule has 0 heterocycles. The Morgan fingerprint density at radius 2 is 2.00 bits per heavy atom. The van der Waals surface area contributed by atoms with Crippen LogP contribution in [0.25, 0.3) is 10.4 Å². The van der Waals surface area contributed by atoms with Crippen LogP contribution in [0.3, 0.4) is 0 Å². The van der Waals surface area contributed by atoms with Crippen molar-refractivity contribution in [3.05, 3.63) is 33.7 Å². The number of benzene rings is 1. The molecule has 0 aliphatic rings. The summed E-state index contributed by atoms with van der Waals surface area (Å²) >= 11 is 0. The van der Waals surface area contributed by atoms with E-state index in [9.17, 15) is 4.79 Å². The first-order valence-corrected chi connectivity index (χ1v) is 5.13. The Morgan fingerprint density at radius 1 is 1.42 bits per heavy atom. The summed E-state index contributed by atoms with van der Waals surface area (Å²) in [6.07, 6.45) is 0. The van der Waals surface area contributed by atoms with Gasteiger partial charge in [-0.3, -0.25) is 0 Å². The highest BCUT2D eigenvalue weighted by Gasteiger charge is 2.14. The maximum absolute atomic E-state index is 10.9. The van der Waals surface area contributed by atoms with Gasteiger partial charge in [-0.05, 0) is 17.7 Å². The van der Waals surface area contributed by atoms with Crippen LogP contribution < -0.4 is 9.47 Å². The summed E-state index contributed by atoms with van der Waals surface area (Å²) in [5, 5.41) is 12.2. The zero-order chi connectivity index (χ0) is 14.3. The minimum Gasteiger partial charge on any atom is -0.495 e. The average Bonchev–Trinajstić information content (AvgIpc) is 2.42.